The maximum atomic E-state index is 11.7. The van der Waals surface area contributed by atoms with Crippen molar-refractivity contribution in [3.05, 3.63) is 0 Å². The van der Waals surface area contributed by atoms with Gasteiger partial charge in [-0.1, -0.05) is 6.92 Å². The summed E-state index contributed by atoms with van der Waals surface area (Å²) in [5.74, 6) is 0.209. The van der Waals surface area contributed by atoms with Crippen molar-refractivity contribution < 1.29 is 9.59 Å². The van der Waals surface area contributed by atoms with E-state index in [2.05, 4.69) is 6.07 Å². The lowest BCUT2D eigenvalue weighted by molar-refractivity contribution is -0.135. The first kappa shape index (κ1) is 11.5. The molecule has 1 aliphatic heterocycles. The summed E-state index contributed by atoms with van der Waals surface area (Å²) in [4.78, 5) is 24.9. The first-order valence-corrected chi connectivity index (χ1v) is 4.93. The van der Waals surface area contributed by atoms with Gasteiger partial charge in [-0.15, -0.1) is 0 Å². The van der Waals surface area contributed by atoms with E-state index in [1.165, 1.54) is 4.90 Å². The van der Waals surface area contributed by atoms with E-state index in [4.69, 9.17) is 5.26 Å². The number of rotatable bonds is 3. The highest BCUT2D eigenvalue weighted by Gasteiger charge is 2.32. The van der Waals surface area contributed by atoms with Crippen LogP contribution in [0.15, 0.2) is 0 Å². The number of likely N-dealkylation sites (tertiary alicyclic amines) is 1. The predicted molar refractivity (Wildman–Crippen MR) is 53.6 cm³/mol. The summed E-state index contributed by atoms with van der Waals surface area (Å²) >= 11 is 0. The van der Waals surface area contributed by atoms with Crippen molar-refractivity contribution >= 4 is 12.3 Å². The Labute approximate surface area is 89.3 Å². The van der Waals surface area contributed by atoms with Gasteiger partial charge in [0.15, 0.2) is 0 Å². The lowest BCUT2D eigenvalue weighted by Gasteiger charge is -2.21. The highest BCUT2D eigenvalue weighted by Crippen LogP contribution is 2.22. The second kappa shape index (κ2) is 4.78. The van der Waals surface area contributed by atoms with Gasteiger partial charge in [-0.2, -0.15) is 5.26 Å². The normalized spacial score (nSPS) is 24.7. The number of hydrogen-bond donors (Lipinski definition) is 0. The molecule has 1 rings (SSSR count). The third-order valence-corrected chi connectivity index (χ3v) is 2.54. The molecule has 1 heterocycles. The smallest absolute Gasteiger partial charge is 0.243 e. The maximum Gasteiger partial charge on any atom is 0.243 e. The fourth-order valence-electron chi connectivity index (χ4n) is 1.79. The molecule has 5 nitrogen and oxygen atoms in total. The lowest BCUT2D eigenvalue weighted by Crippen LogP contribution is -2.41. The molecule has 2 amide bonds. The maximum absolute atomic E-state index is 11.7. The van der Waals surface area contributed by atoms with Crippen molar-refractivity contribution in [2.75, 3.05) is 20.1 Å². The Morgan fingerprint density at radius 1 is 1.73 bits per heavy atom. The summed E-state index contributed by atoms with van der Waals surface area (Å²) in [5.41, 5.74) is 0. The van der Waals surface area contributed by atoms with E-state index in [0.717, 1.165) is 6.42 Å². The first-order chi connectivity index (χ1) is 7.08. The largest absolute Gasteiger partial charge is 0.339 e. The average Bonchev–Trinajstić information content (AvgIpc) is 2.59. The monoisotopic (exact) mass is 209 g/mol. The number of likely N-dealkylation sites (N-methyl/N-ethyl adjacent to an activating group) is 1. The van der Waals surface area contributed by atoms with Crippen LogP contribution in [0.25, 0.3) is 0 Å². The van der Waals surface area contributed by atoms with Crippen molar-refractivity contribution in [2.24, 2.45) is 5.92 Å². The van der Waals surface area contributed by atoms with E-state index in [0.29, 0.717) is 18.9 Å². The molecule has 1 aliphatic rings. The van der Waals surface area contributed by atoms with Gasteiger partial charge in [0.1, 0.15) is 6.04 Å². The molecule has 0 aromatic heterocycles. The van der Waals surface area contributed by atoms with Crippen LogP contribution >= 0.6 is 0 Å². The zero-order valence-electron chi connectivity index (χ0n) is 9.01. The van der Waals surface area contributed by atoms with Gasteiger partial charge in [0.25, 0.3) is 0 Å². The van der Waals surface area contributed by atoms with Gasteiger partial charge in [-0.3, -0.25) is 9.59 Å². The van der Waals surface area contributed by atoms with E-state index in [-0.39, 0.29) is 18.5 Å². The Balaban J connectivity index is 2.59. The summed E-state index contributed by atoms with van der Waals surface area (Å²) < 4.78 is 0. The Morgan fingerprint density at radius 3 is 2.93 bits per heavy atom. The molecule has 0 spiro atoms. The van der Waals surface area contributed by atoms with Gasteiger partial charge in [-0.05, 0) is 12.3 Å². The topological polar surface area (TPSA) is 64.4 Å². The van der Waals surface area contributed by atoms with Crippen molar-refractivity contribution in [3.63, 3.8) is 0 Å². The molecule has 2 unspecified atom stereocenters. The highest BCUT2D eigenvalue weighted by molar-refractivity contribution is 5.80. The van der Waals surface area contributed by atoms with Gasteiger partial charge in [0, 0.05) is 13.6 Å². The molecule has 0 bridgehead atoms. The highest BCUT2D eigenvalue weighted by atomic mass is 16.2. The van der Waals surface area contributed by atoms with Gasteiger partial charge in [0.05, 0.1) is 12.6 Å². The molecule has 1 saturated heterocycles. The molecule has 0 N–H and O–H groups in total. The van der Waals surface area contributed by atoms with Crippen molar-refractivity contribution in [1.29, 1.82) is 5.26 Å². The SMILES string of the molecule is CC1CC(C#N)N(C(=O)CN(C)C=O)C1. The fraction of sp³-hybridized carbons (Fsp3) is 0.700. The second-order valence-electron chi connectivity index (χ2n) is 4.05. The molecular weight excluding hydrogens is 194 g/mol. The molecule has 15 heavy (non-hydrogen) atoms. The molecule has 0 aromatic rings. The zero-order valence-corrected chi connectivity index (χ0v) is 9.01. The Bertz CT molecular complexity index is 298. The van der Waals surface area contributed by atoms with Crippen LogP contribution in [-0.2, 0) is 9.59 Å². The van der Waals surface area contributed by atoms with E-state index >= 15 is 0 Å². The molecule has 0 saturated carbocycles. The molecule has 2 atom stereocenters. The van der Waals surface area contributed by atoms with Crippen molar-refractivity contribution in [1.82, 2.24) is 9.80 Å². The molecular formula is C10H15N3O2. The zero-order chi connectivity index (χ0) is 11.4. The van der Waals surface area contributed by atoms with Gasteiger partial charge >= 0.3 is 0 Å². The van der Waals surface area contributed by atoms with Crippen molar-refractivity contribution in [2.45, 2.75) is 19.4 Å². The fourth-order valence-corrected chi connectivity index (χ4v) is 1.79. The minimum atomic E-state index is -0.326. The number of hydrogen-bond acceptors (Lipinski definition) is 3. The Hall–Kier alpha value is -1.57. The Kier molecular flexibility index (Phi) is 3.67. The number of carbonyl (C=O) groups is 2. The van der Waals surface area contributed by atoms with Crippen LogP contribution in [0.5, 0.6) is 0 Å². The summed E-state index contributed by atoms with van der Waals surface area (Å²) in [7, 11) is 1.55. The van der Waals surface area contributed by atoms with Crippen LogP contribution in [0.2, 0.25) is 0 Å². The van der Waals surface area contributed by atoms with Crippen LogP contribution in [0.4, 0.5) is 0 Å². The minimum Gasteiger partial charge on any atom is -0.339 e. The Morgan fingerprint density at radius 2 is 2.40 bits per heavy atom. The summed E-state index contributed by atoms with van der Waals surface area (Å²) in [5, 5.41) is 8.87. The van der Waals surface area contributed by atoms with E-state index < -0.39 is 0 Å². The summed E-state index contributed by atoms with van der Waals surface area (Å²) in [6.45, 7) is 2.68. The molecule has 0 aliphatic carbocycles. The van der Waals surface area contributed by atoms with Gasteiger partial charge < -0.3 is 9.80 Å². The van der Waals surface area contributed by atoms with Crippen LogP contribution < -0.4 is 0 Å². The van der Waals surface area contributed by atoms with Gasteiger partial charge in [-0.25, -0.2) is 0 Å². The van der Waals surface area contributed by atoms with E-state index in [1.807, 2.05) is 6.92 Å². The standard InChI is InChI=1S/C10H15N3O2/c1-8-3-9(4-11)13(5-8)10(15)6-12(2)7-14/h7-9H,3,5-6H2,1-2H3. The summed E-state index contributed by atoms with van der Waals surface area (Å²) in [6, 6.07) is 1.79. The number of nitrogens with zero attached hydrogens (tertiary/aromatic N) is 3. The van der Waals surface area contributed by atoms with Crippen LogP contribution in [0.3, 0.4) is 0 Å². The minimum absolute atomic E-state index is 0.0500. The van der Waals surface area contributed by atoms with Crippen molar-refractivity contribution in [3.8, 4) is 6.07 Å². The quantitative estimate of drug-likeness (QED) is 0.606. The van der Waals surface area contributed by atoms with E-state index in [9.17, 15) is 9.59 Å². The molecule has 0 radical (unpaired) electrons. The average molecular weight is 209 g/mol. The predicted octanol–water partition coefficient (Wildman–Crippen LogP) is -0.165. The third kappa shape index (κ3) is 2.69. The second-order valence-corrected chi connectivity index (χ2v) is 4.05. The lowest BCUT2D eigenvalue weighted by atomic mass is 10.1. The number of nitriles is 1. The molecule has 1 fully saturated rings. The number of carbonyl (C=O) groups excluding carboxylic acids is 2. The third-order valence-electron chi connectivity index (χ3n) is 2.54. The van der Waals surface area contributed by atoms with Gasteiger partial charge in [0.2, 0.25) is 12.3 Å². The molecule has 0 aromatic carbocycles. The van der Waals surface area contributed by atoms with Crippen LogP contribution in [0.1, 0.15) is 13.3 Å². The number of amides is 2. The van der Waals surface area contributed by atoms with Crippen LogP contribution in [0, 0.1) is 17.2 Å². The molecule has 5 heteroatoms. The summed E-state index contributed by atoms with van der Waals surface area (Å²) in [6.07, 6.45) is 1.34. The van der Waals surface area contributed by atoms with E-state index in [1.54, 1.807) is 11.9 Å². The first-order valence-electron chi connectivity index (χ1n) is 4.93. The molecule has 82 valence electrons. The van der Waals surface area contributed by atoms with Crippen LogP contribution in [-0.4, -0.2) is 48.3 Å².